The normalized spacial score (nSPS) is 10.3. The predicted molar refractivity (Wildman–Crippen MR) is 94.1 cm³/mol. The van der Waals surface area contributed by atoms with Crippen LogP contribution in [0.2, 0.25) is 0 Å². The van der Waals surface area contributed by atoms with Crippen molar-refractivity contribution < 1.29 is 14.3 Å². The number of carbonyl (C=O) groups is 1. The largest absolute Gasteiger partial charge is 0.478 e. The van der Waals surface area contributed by atoms with Crippen LogP contribution in [0, 0.1) is 3.57 Å². The van der Waals surface area contributed by atoms with Gasteiger partial charge in [0.2, 0.25) is 5.88 Å². The summed E-state index contributed by atoms with van der Waals surface area (Å²) >= 11 is 2.25. The standard InChI is InChI=1S/C17H18INO3/c1-3-9-22-16-8-6-13(11-19-16)14-10-12(5-7-15(14)18)17(20)21-4-2/h5-8,10-11H,3-4,9H2,1-2H3. The van der Waals surface area contributed by atoms with Crippen molar-refractivity contribution in [2.75, 3.05) is 13.2 Å². The Hall–Kier alpha value is -1.63. The summed E-state index contributed by atoms with van der Waals surface area (Å²) in [5, 5.41) is 0. The molecule has 0 atom stereocenters. The summed E-state index contributed by atoms with van der Waals surface area (Å²) in [5.74, 6) is 0.304. The monoisotopic (exact) mass is 411 g/mol. The predicted octanol–water partition coefficient (Wildman–Crippen LogP) is 4.32. The molecule has 1 aromatic heterocycles. The number of nitrogens with zero attached hydrogens (tertiary/aromatic N) is 1. The average molecular weight is 411 g/mol. The average Bonchev–Trinajstić information content (AvgIpc) is 2.54. The van der Waals surface area contributed by atoms with Crippen LogP contribution in [-0.2, 0) is 4.74 Å². The molecule has 2 rings (SSSR count). The number of halogens is 1. The molecule has 2 aromatic rings. The summed E-state index contributed by atoms with van der Waals surface area (Å²) in [4.78, 5) is 16.2. The third-order valence-corrected chi connectivity index (χ3v) is 3.92. The first-order chi connectivity index (χ1) is 10.7. The van der Waals surface area contributed by atoms with E-state index in [4.69, 9.17) is 9.47 Å². The molecule has 0 spiro atoms. The summed E-state index contributed by atoms with van der Waals surface area (Å²) in [6.45, 7) is 4.87. The van der Waals surface area contributed by atoms with Crippen LogP contribution >= 0.6 is 22.6 Å². The second-order valence-corrected chi connectivity index (χ2v) is 5.81. The van der Waals surface area contributed by atoms with Gasteiger partial charge in [-0.15, -0.1) is 0 Å². The molecule has 0 aliphatic rings. The summed E-state index contributed by atoms with van der Waals surface area (Å²) < 4.78 is 11.6. The van der Waals surface area contributed by atoms with E-state index in [1.807, 2.05) is 24.3 Å². The van der Waals surface area contributed by atoms with Gasteiger partial charge in [-0.05, 0) is 65.8 Å². The van der Waals surface area contributed by atoms with Crippen LogP contribution in [-0.4, -0.2) is 24.2 Å². The molecule has 5 heteroatoms. The highest BCUT2D eigenvalue weighted by Gasteiger charge is 2.11. The maximum Gasteiger partial charge on any atom is 0.338 e. The van der Waals surface area contributed by atoms with Crippen LogP contribution in [0.25, 0.3) is 11.1 Å². The fourth-order valence-corrected chi connectivity index (χ4v) is 2.57. The fourth-order valence-electron chi connectivity index (χ4n) is 1.92. The van der Waals surface area contributed by atoms with Crippen molar-refractivity contribution in [1.29, 1.82) is 0 Å². The molecule has 22 heavy (non-hydrogen) atoms. The Morgan fingerprint density at radius 3 is 2.68 bits per heavy atom. The van der Waals surface area contributed by atoms with Crippen molar-refractivity contribution >= 4 is 28.6 Å². The van der Waals surface area contributed by atoms with Gasteiger partial charge in [0.25, 0.3) is 0 Å². The lowest BCUT2D eigenvalue weighted by Crippen LogP contribution is -2.05. The number of aromatic nitrogens is 1. The van der Waals surface area contributed by atoms with Crippen molar-refractivity contribution in [3.63, 3.8) is 0 Å². The SMILES string of the molecule is CCCOc1ccc(-c2cc(C(=O)OCC)ccc2I)cn1. The van der Waals surface area contributed by atoms with E-state index in [1.54, 1.807) is 19.2 Å². The molecule has 0 saturated carbocycles. The first-order valence-electron chi connectivity index (χ1n) is 7.21. The zero-order chi connectivity index (χ0) is 15.9. The molecule has 116 valence electrons. The molecule has 1 heterocycles. The quantitative estimate of drug-likeness (QED) is 0.525. The maximum atomic E-state index is 11.9. The molecule has 0 N–H and O–H groups in total. The van der Waals surface area contributed by atoms with Gasteiger partial charge in [-0.3, -0.25) is 0 Å². The number of benzene rings is 1. The molecule has 0 aliphatic heterocycles. The lowest BCUT2D eigenvalue weighted by Gasteiger charge is -2.09. The minimum Gasteiger partial charge on any atom is -0.478 e. The van der Waals surface area contributed by atoms with Crippen LogP contribution in [0.3, 0.4) is 0 Å². The summed E-state index contributed by atoms with van der Waals surface area (Å²) in [7, 11) is 0. The molecular formula is C17H18INO3. The highest BCUT2D eigenvalue weighted by atomic mass is 127. The number of rotatable bonds is 6. The van der Waals surface area contributed by atoms with Gasteiger partial charge >= 0.3 is 5.97 Å². The van der Waals surface area contributed by atoms with Gasteiger partial charge in [-0.1, -0.05) is 6.92 Å². The fraction of sp³-hybridized carbons (Fsp3) is 0.294. The highest BCUT2D eigenvalue weighted by Crippen LogP contribution is 2.27. The van der Waals surface area contributed by atoms with E-state index in [0.29, 0.717) is 24.7 Å². The van der Waals surface area contributed by atoms with Gasteiger partial charge in [0.05, 0.1) is 18.8 Å². The van der Waals surface area contributed by atoms with E-state index in [9.17, 15) is 4.79 Å². The molecule has 4 nitrogen and oxygen atoms in total. The van der Waals surface area contributed by atoms with Gasteiger partial charge in [-0.25, -0.2) is 9.78 Å². The second kappa shape index (κ2) is 8.12. The summed E-state index contributed by atoms with van der Waals surface area (Å²) in [5.41, 5.74) is 2.45. The molecule has 0 unspecified atom stereocenters. The number of hydrogen-bond donors (Lipinski definition) is 0. The van der Waals surface area contributed by atoms with Crippen LogP contribution in [0.5, 0.6) is 5.88 Å². The summed E-state index contributed by atoms with van der Waals surface area (Å²) in [6.07, 6.45) is 2.71. The number of ether oxygens (including phenoxy) is 2. The van der Waals surface area contributed by atoms with E-state index in [-0.39, 0.29) is 5.97 Å². The third kappa shape index (κ3) is 4.19. The van der Waals surface area contributed by atoms with Gasteiger partial charge in [-0.2, -0.15) is 0 Å². The number of esters is 1. The molecule has 1 aromatic carbocycles. The minimum absolute atomic E-state index is 0.309. The van der Waals surface area contributed by atoms with Crippen molar-refractivity contribution in [2.24, 2.45) is 0 Å². The van der Waals surface area contributed by atoms with E-state index in [0.717, 1.165) is 21.1 Å². The Balaban J connectivity index is 2.27. The van der Waals surface area contributed by atoms with Crippen molar-refractivity contribution in [1.82, 2.24) is 4.98 Å². The van der Waals surface area contributed by atoms with Gasteiger partial charge in [0.1, 0.15) is 0 Å². The van der Waals surface area contributed by atoms with Gasteiger partial charge in [0, 0.05) is 21.4 Å². The Bertz CT molecular complexity index is 641. The van der Waals surface area contributed by atoms with Gasteiger partial charge < -0.3 is 9.47 Å². The molecule has 0 radical (unpaired) electrons. The molecular weight excluding hydrogens is 393 g/mol. The molecule has 0 saturated heterocycles. The van der Waals surface area contributed by atoms with Gasteiger partial charge in [0.15, 0.2) is 0 Å². The molecule has 0 amide bonds. The van der Waals surface area contributed by atoms with Crippen LogP contribution < -0.4 is 4.74 Å². The summed E-state index contributed by atoms with van der Waals surface area (Å²) in [6, 6.07) is 9.31. The lowest BCUT2D eigenvalue weighted by molar-refractivity contribution is 0.0526. The lowest BCUT2D eigenvalue weighted by atomic mass is 10.0. The van der Waals surface area contributed by atoms with Crippen molar-refractivity contribution in [3.8, 4) is 17.0 Å². The zero-order valence-electron chi connectivity index (χ0n) is 12.6. The zero-order valence-corrected chi connectivity index (χ0v) is 14.8. The van der Waals surface area contributed by atoms with Crippen molar-refractivity contribution in [2.45, 2.75) is 20.3 Å². The molecule has 0 fully saturated rings. The number of pyridine rings is 1. The third-order valence-electron chi connectivity index (χ3n) is 2.98. The van der Waals surface area contributed by atoms with E-state index in [1.165, 1.54) is 0 Å². The van der Waals surface area contributed by atoms with E-state index >= 15 is 0 Å². The van der Waals surface area contributed by atoms with E-state index < -0.39 is 0 Å². The van der Waals surface area contributed by atoms with Crippen LogP contribution in [0.4, 0.5) is 0 Å². The van der Waals surface area contributed by atoms with E-state index in [2.05, 4.69) is 34.5 Å². The Kier molecular flexibility index (Phi) is 6.18. The highest BCUT2D eigenvalue weighted by molar-refractivity contribution is 14.1. The maximum absolute atomic E-state index is 11.9. The molecule has 0 bridgehead atoms. The topological polar surface area (TPSA) is 48.4 Å². The smallest absolute Gasteiger partial charge is 0.338 e. The Morgan fingerprint density at radius 2 is 2.05 bits per heavy atom. The minimum atomic E-state index is -0.309. The first kappa shape index (κ1) is 16.7. The molecule has 0 aliphatic carbocycles. The van der Waals surface area contributed by atoms with Crippen LogP contribution in [0.1, 0.15) is 30.6 Å². The second-order valence-electron chi connectivity index (χ2n) is 4.65. The van der Waals surface area contributed by atoms with Crippen LogP contribution in [0.15, 0.2) is 36.5 Å². The number of hydrogen-bond acceptors (Lipinski definition) is 4. The Labute approximate surface area is 144 Å². The van der Waals surface area contributed by atoms with Crippen molar-refractivity contribution in [3.05, 3.63) is 45.7 Å². The first-order valence-corrected chi connectivity index (χ1v) is 8.29. The Morgan fingerprint density at radius 1 is 1.23 bits per heavy atom. The number of carbonyl (C=O) groups excluding carboxylic acids is 1.